The number of nitrogens with zero attached hydrogens (tertiary/aromatic N) is 2. The molecule has 4 aromatic carbocycles. The molecule has 0 saturated carbocycles. The van der Waals surface area contributed by atoms with Gasteiger partial charge in [0.05, 0.1) is 18.9 Å². The van der Waals surface area contributed by atoms with Crippen LogP contribution in [0.15, 0.2) is 121 Å². The third kappa shape index (κ3) is 20.7. The minimum Gasteiger partial charge on any atom is -0.461 e. The molecule has 4 aromatic rings. The second kappa shape index (κ2) is 29.9. The van der Waals surface area contributed by atoms with Crippen molar-refractivity contribution in [3.8, 4) is 0 Å². The minimum atomic E-state index is -1.59. The van der Waals surface area contributed by atoms with E-state index in [9.17, 15) is 38.4 Å². The van der Waals surface area contributed by atoms with Gasteiger partial charge in [0.25, 0.3) is 0 Å². The lowest BCUT2D eigenvalue weighted by Gasteiger charge is -2.30. The van der Waals surface area contributed by atoms with Gasteiger partial charge in [-0.05, 0) is 87.6 Å². The van der Waals surface area contributed by atoms with Gasteiger partial charge in [0, 0.05) is 13.1 Å². The molecule has 402 valence electrons. The van der Waals surface area contributed by atoms with E-state index >= 15 is 0 Å². The number of nitrogens with one attached hydrogen (secondary N) is 3. The van der Waals surface area contributed by atoms with E-state index in [1.807, 2.05) is 19.9 Å². The van der Waals surface area contributed by atoms with Crippen molar-refractivity contribution in [2.45, 2.75) is 136 Å². The van der Waals surface area contributed by atoms with Crippen LogP contribution in [-0.4, -0.2) is 107 Å². The maximum Gasteiger partial charge on any atom is 0.420 e. The Kier molecular flexibility index (Phi) is 23.3. The van der Waals surface area contributed by atoms with E-state index in [1.54, 1.807) is 141 Å². The Labute approximate surface area is 439 Å². The number of likely N-dealkylation sites (tertiary alicyclic amines) is 1. The van der Waals surface area contributed by atoms with Gasteiger partial charge >= 0.3 is 30.1 Å². The SMILES string of the molecule is CC(C)C[C@H](NC(=O)[C@H](CC(=O)OCc1ccccc1)NC(=O)[C@H](CC(=O)N1CCCC1)NCCC[C@H](C(=O)OCc1ccccc1)N(C(=O)OCc1ccccc1)C(=O)OC(C)(C)C)C(=O)OCc1ccccc1. The molecule has 4 atom stereocenters. The molecule has 1 heterocycles. The van der Waals surface area contributed by atoms with Crippen molar-refractivity contribution in [2.75, 3.05) is 19.6 Å². The van der Waals surface area contributed by atoms with Crippen LogP contribution < -0.4 is 16.0 Å². The Morgan fingerprint density at radius 3 is 1.51 bits per heavy atom. The van der Waals surface area contributed by atoms with E-state index in [0.29, 0.717) is 34.7 Å². The maximum absolute atomic E-state index is 14.5. The average molecular weight is 1030 g/mol. The molecule has 0 radical (unpaired) electrons. The smallest absolute Gasteiger partial charge is 0.420 e. The lowest BCUT2D eigenvalue weighted by Crippen LogP contribution is -2.56. The highest BCUT2D eigenvalue weighted by Gasteiger charge is 2.40. The number of carbonyl (C=O) groups is 8. The third-order valence-corrected chi connectivity index (χ3v) is 11.8. The summed E-state index contributed by atoms with van der Waals surface area (Å²) in [6.07, 6.45) is -1.81. The molecule has 1 fully saturated rings. The van der Waals surface area contributed by atoms with Gasteiger partial charge in [-0.3, -0.25) is 19.2 Å². The van der Waals surface area contributed by atoms with E-state index in [2.05, 4.69) is 16.0 Å². The number of benzene rings is 4. The average Bonchev–Trinajstić information content (AvgIpc) is 3.95. The summed E-state index contributed by atoms with van der Waals surface area (Å²) in [6.45, 7) is 8.85. The normalized spacial score (nSPS) is 13.8. The molecule has 18 heteroatoms. The van der Waals surface area contributed by atoms with Gasteiger partial charge in [-0.2, -0.15) is 4.90 Å². The predicted octanol–water partition coefficient (Wildman–Crippen LogP) is 7.32. The Morgan fingerprint density at radius 2 is 1.01 bits per heavy atom. The van der Waals surface area contributed by atoms with Crippen LogP contribution in [0.2, 0.25) is 0 Å². The molecule has 1 aliphatic rings. The minimum absolute atomic E-state index is 0.00968. The predicted molar refractivity (Wildman–Crippen MR) is 277 cm³/mol. The van der Waals surface area contributed by atoms with Gasteiger partial charge in [-0.1, -0.05) is 135 Å². The van der Waals surface area contributed by atoms with Gasteiger partial charge in [0.15, 0.2) is 0 Å². The van der Waals surface area contributed by atoms with Crippen molar-refractivity contribution < 1.29 is 62.0 Å². The molecule has 0 aliphatic carbocycles. The Morgan fingerprint density at radius 1 is 0.560 bits per heavy atom. The molecule has 5 amide bonds. The molecule has 18 nitrogen and oxygen atoms in total. The van der Waals surface area contributed by atoms with Gasteiger partial charge in [0.2, 0.25) is 17.7 Å². The van der Waals surface area contributed by atoms with Crippen LogP contribution in [0.25, 0.3) is 0 Å². The molecule has 5 rings (SSSR count). The zero-order valence-corrected chi connectivity index (χ0v) is 43.5. The second-order valence-electron chi connectivity index (χ2n) is 19.6. The maximum atomic E-state index is 14.5. The Bertz CT molecular complexity index is 2470. The van der Waals surface area contributed by atoms with Gasteiger partial charge in [-0.25, -0.2) is 19.2 Å². The zero-order chi connectivity index (χ0) is 54.2. The van der Waals surface area contributed by atoms with Crippen molar-refractivity contribution in [3.05, 3.63) is 144 Å². The van der Waals surface area contributed by atoms with Gasteiger partial charge in [0.1, 0.15) is 50.2 Å². The molecule has 1 saturated heterocycles. The summed E-state index contributed by atoms with van der Waals surface area (Å²) < 4.78 is 28.0. The molecule has 0 spiro atoms. The van der Waals surface area contributed by atoms with E-state index in [1.165, 1.54) is 0 Å². The number of hydrogen-bond donors (Lipinski definition) is 3. The molecule has 0 bridgehead atoms. The number of esters is 3. The number of rotatable bonds is 26. The number of hydrogen-bond acceptors (Lipinski definition) is 14. The molecule has 0 unspecified atom stereocenters. The first-order chi connectivity index (χ1) is 35.9. The summed E-state index contributed by atoms with van der Waals surface area (Å²) in [7, 11) is 0. The van der Waals surface area contributed by atoms with Crippen LogP contribution in [-0.2, 0) is 78.9 Å². The highest BCUT2D eigenvalue weighted by molar-refractivity contribution is 5.96. The molecule has 1 aliphatic heterocycles. The van der Waals surface area contributed by atoms with Crippen molar-refractivity contribution in [1.29, 1.82) is 0 Å². The highest BCUT2D eigenvalue weighted by Crippen LogP contribution is 2.20. The lowest BCUT2D eigenvalue weighted by molar-refractivity contribution is -0.151. The summed E-state index contributed by atoms with van der Waals surface area (Å²) in [6, 6.07) is 29.8. The molecule has 75 heavy (non-hydrogen) atoms. The summed E-state index contributed by atoms with van der Waals surface area (Å²) in [5.41, 5.74) is 1.59. The first kappa shape index (κ1) is 58.3. The highest BCUT2D eigenvalue weighted by atomic mass is 16.6. The Hall–Kier alpha value is -7.60. The van der Waals surface area contributed by atoms with E-state index in [-0.39, 0.29) is 70.5 Å². The van der Waals surface area contributed by atoms with Crippen molar-refractivity contribution in [2.24, 2.45) is 5.92 Å². The van der Waals surface area contributed by atoms with Crippen LogP contribution in [0, 0.1) is 5.92 Å². The van der Waals surface area contributed by atoms with Crippen LogP contribution in [0.5, 0.6) is 0 Å². The van der Waals surface area contributed by atoms with Crippen LogP contribution in [0.1, 0.15) is 102 Å². The summed E-state index contributed by atoms with van der Waals surface area (Å²) in [4.78, 5) is 114. The quantitative estimate of drug-likeness (QED) is 0.0319. The summed E-state index contributed by atoms with van der Waals surface area (Å²) in [5, 5.41) is 8.43. The van der Waals surface area contributed by atoms with Crippen LogP contribution in [0.4, 0.5) is 9.59 Å². The number of amides is 5. The van der Waals surface area contributed by atoms with Crippen LogP contribution >= 0.6 is 0 Å². The first-order valence-corrected chi connectivity index (χ1v) is 25.4. The topological polar surface area (TPSA) is 225 Å². The standard InChI is InChI=1S/C57H71N5O13/c1-40(2)33-47(53(67)72-37-42-23-12-7-13-24-42)60-52(66)46(35-50(64)71-36-41-21-10-6-11-22-41)59-51(65)45(34-49(63)61-31-18-19-32-61)58-30-20-29-48(54(68)73-38-43-25-14-8-15-26-43)62(56(70)75-57(3,4)5)55(69)74-39-44-27-16-9-17-28-44/h6-17,21-28,40,45-48,58H,18-20,29-39H2,1-5H3,(H,59,65)(H,60,66)/t45-,46-,47-,48+/m0/s1. The second-order valence-corrected chi connectivity index (χ2v) is 19.6. The molecule has 3 N–H and O–H groups in total. The number of carbonyl (C=O) groups excluding carboxylic acids is 8. The number of imide groups is 1. The lowest BCUT2D eigenvalue weighted by atomic mass is 10.0. The molecule has 0 aromatic heterocycles. The number of ether oxygens (including phenoxy) is 5. The molecular weight excluding hydrogens is 963 g/mol. The summed E-state index contributed by atoms with van der Waals surface area (Å²) in [5.74, 6) is -4.62. The van der Waals surface area contributed by atoms with E-state index in [4.69, 9.17) is 23.7 Å². The van der Waals surface area contributed by atoms with Gasteiger partial charge in [-0.15, -0.1) is 0 Å². The monoisotopic (exact) mass is 1030 g/mol. The largest absolute Gasteiger partial charge is 0.461 e. The van der Waals surface area contributed by atoms with E-state index in [0.717, 1.165) is 18.4 Å². The first-order valence-electron chi connectivity index (χ1n) is 25.4. The van der Waals surface area contributed by atoms with Crippen molar-refractivity contribution in [3.63, 3.8) is 0 Å². The molecular formula is C57H71N5O13. The zero-order valence-electron chi connectivity index (χ0n) is 43.5. The summed E-state index contributed by atoms with van der Waals surface area (Å²) >= 11 is 0. The Balaban J connectivity index is 1.38. The third-order valence-electron chi connectivity index (χ3n) is 11.8. The van der Waals surface area contributed by atoms with Gasteiger partial charge < -0.3 is 44.5 Å². The van der Waals surface area contributed by atoms with Crippen molar-refractivity contribution in [1.82, 2.24) is 25.8 Å². The van der Waals surface area contributed by atoms with Crippen LogP contribution in [0.3, 0.4) is 0 Å². The fourth-order valence-corrected chi connectivity index (χ4v) is 7.94. The van der Waals surface area contributed by atoms with E-state index < -0.39 is 78.1 Å². The fourth-order valence-electron chi connectivity index (χ4n) is 7.94. The van der Waals surface area contributed by atoms with Crippen molar-refractivity contribution >= 4 is 47.8 Å². The fraction of sp³-hybridized carbons (Fsp3) is 0.439.